The number of rotatable bonds is 4. The zero-order chi connectivity index (χ0) is 17.9. The molecule has 2 aliphatic rings. The number of benzene rings is 1. The molecule has 136 valence electrons. The van der Waals surface area contributed by atoms with Gasteiger partial charge in [0.1, 0.15) is 5.82 Å². The van der Waals surface area contributed by atoms with Crippen molar-refractivity contribution in [2.45, 2.75) is 44.4 Å². The van der Waals surface area contributed by atoms with E-state index in [1.807, 2.05) is 18.2 Å². The smallest absolute Gasteiger partial charge is 0.225 e. The SMILES string of the molecule is O=C(C1CCC1)N1CCCC(c2cccc(Cc3cccc(F)c3)n2)C1. The van der Waals surface area contributed by atoms with Crippen LogP contribution in [-0.4, -0.2) is 28.9 Å². The van der Waals surface area contributed by atoms with Crippen LogP contribution in [0.25, 0.3) is 0 Å². The molecule has 0 bridgehead atoms. The second-order valence-corrected chi connectivity index (χ2v) is 7.61. The summed E-state index contributed by atoms with van der Waals surface area (Å²) in [6, 6.07) is 12.8. The minimum atomic E-state index is -0.212. The van der Waals surface area contributed by atoms with Gasteiger partial charge in [-0.3, -0.25) is 9.78 Å². The molecule has 0 spiro atoms. The highest BCUT2D eigenvalue weighted by atomic mass is 19.1. The Hall–Kier alpha value is -2.23. The molecule has 1 saturated heterocycles. The Morgan fingerprint density at radius 2 is 1.96 bits per heavy atom. The number of hydrogen-bond donors (Lipinski definition) is 0. The fourth-order valence-electron chi connectivity index (χ4n) is 4.01. The zero-order valence-electron chi connectivity index (χ0n) is 15.0. The molecule has 2 heterocycles. The molecular formula is C22H25FN2O. The maximum atomic E-state index is 13.4. The average Bonchev–Trinajstić information content (AvgIpc) is 2.61. The maximum absolute atomic E-state index is 13.4. The number of piperidine rings is 1. The molecule has 0 N–H and O–H groups in total. The first-order valence-electron chi connectivity index (χ1n) is 9.68. The predicted molar refractivity (Wildman–Crippen MR) is 99.3 cm³/mol. The number of nitrogens with zero attached hydrogens (tertiary/aromatic N) is 2. The van der Waals surface area contributed by atoms with Gasteiger partial charge in [-0.25, -0.2) is 4.39 Å². The van der Waals surface area contributed by atoms with Crippen LogP contribution in [0.5, 0.6) is 0 Å². The second-order valence-electron chi connectivity index (χ2n) is 7.61. The molecule has 1 amide bonds. The van der Waals surface area contributed by atoms with E-state index in [0.717, 1.165) is 55.7 Å². The number of hydrogen-bond acceptors (Lipinski definition) is 2. The highest BCUT2D eigenvalue weighted by Crippen LogP contribution is 2.32. The molecule has 0 radical (unpaired) electrons. The summed E-state index contributed by atoms with van der Waals surface area (Å²) in [5.41, 5.74) is 2.95. The summed E-state index contributed by atoms with van der Waals surface area (Å²) in [7, 11) is 0. The van der Waals surface area contributed by atoms with E-state index in [4.69, 9.17) is 4.98 Å². The van der Waals surface area contributed by atoms with E-state index in [1.54, 1.807) is 12.1 Å². The Kier molecular flexibility index (Phi) is 5.00. The van der Waals surface area contributed by atoms with E-state index in [1.165, 1.54) is 12.5 Å². The second kappa shape index (κ2) is 7.56. The standard InChI is InChI=1S/C22H25FN2O/c23-19-9-1-5-16(13-19)14-20-10-3-11-21(24-20)18-8-4-12-25(15-18)22(26)17-6-2-7-17/h1,3,5,9-11,13,17-18H,2,4,6-8,12,14-15H2. The van der Waals surface area contributed by atoms with E-state index in [0.29, 0.717) is 18.2 Å². The van der Waals surface area contributed by atoms with Crippen molar-refractivity contribution in [1.29, 1.82) is 0 Å². The van der Waals surface area contributed by atoms with Gasteiger partial charge in [0, 0.05) is 42.7 Å². The fourth-order valence-corrected chi connectivity index (χ4v) is 4.01. The quantitative estimate of drug-likeness (QED) is 0.821. The number of pyridine rings is 1. The van der Waals surface area contributed by atoms with Crippen molar-refractivity contribution >= 4 is 5.91 Å². The van der Waals surface area contributed by atoms with Gasteiger partial charge in [0.25, 0.3) is 0 Å². The van der Waals surface area contributed by atoms with Crippen LogP contribution in [0, 0.1) is 11.7 Å². The van der Waals surface area contributed by atoms with Crippen LogP contribution >= 0.6 is 0 Å². The lowest BCUT2D eigenvalue weighted by molar-refractivity contribution is -0.139. The topological polar surface area (TPSA) is 33.2 Å². The number of halogens is 1. The van der Waals surface area contributed by atoms with Crippen LogP contribution in [0.3, 0.4) is 0 Å². The number of amides is 1. The Balaban J connectivity index is 1.46. The van der Waals surface area contributed by atoms with Crippen molar-refractivity contribution in [3.8, 4) is 0 Å². The summed E-state index contributed by atoms with van der Waals surface area (Å²) in [5, 5.41) is 0. The minimum absolute atomic E-state index is 0.212. The molecule has 1 aromatic carbocycles. The first kappa shape index (κ1) is 17.2. The third-order valence-corrected chi connectivity index (χ3v) is 5.71. The van der Waals surface area contributed by atoms with Gasteiger partial charge in [0.05, 0.1) is 0 Å². The fraction of sp³-hybridized carbons (Fsp3) is 0.455. The zero-order valence-corrected chi connectivity index (χ0v) is 15.0. The molecule has 1 aromatic heterocycles. The maximum Gasteiger partial charge on any atom is 0.225 e. The molecule has 3 nitrogen and oxygen atoms in total. The monoisotopic (exact) mass is 352 g/mol. The molecule has 2 aromatic rings. The predicted octanol–water partition coefficient (Wildman–Crippen LogP) is 4.32. The molecule has 2 fully saturated rings. The molecule has 4 rings (SSSR count). The van der Waals surface area contributed by atoms with Crippen LogP contribution in [-0.2, 0) is 11.2 Å². The number of carbonyl (C=O) groups excluding carboxylic acids is 1. The van der Waals surface area contributed by atoms with Crippen LogP contribution in [0.4, 0.5) is 4.39 Å². The van der Waals surface area contributed by atoms with Crippen LogP contribution in [0.2, 0.25) is 0 Å². The first-order chi connectivity index (χ1) is 12.7. The van der Waals surface area contributed by atoms with Crippen LogP contribution in [0.15, 0.2) is 42.5 Å². The lowest BCUT2D eigenvalue weighted by atomic mass is 9.83. The first-order valence-corrected chi connectivity index (χ1v) is 9.68. The van der Waals surface area contributed by atoms with Gasteiger partial charge < -0.3 is 4.90 Å². The summed E-state index contributed by atoms with van der Waals surface area (Å²) in [5.74, 6) is 0.703. The van der Waals surface area contributed by atoms with Gasteiger partial charge in [-0.2, -0.15) is 0 Å². The summed E-state index contributed by atoms with van der Waals surface area (Å²) in [6.07, 6.45) is 6.05. The summed E-state index contributed by atoms with van der Waals surface area (Å²) >= 11 is 0. The van der Waals surface area contributed by atoms with Crippen molar-refractivity contribution < 1.29 is 9.18 Å². The molecular weight excluding hydrogens is 327 g/mol. The Labute approximate surface area is 154 Å². The lowest BCUT2D eigenvalue weighted by Gasteiger charge is -2.37. The molecule has 1 aliphatic carbocycles. The third-order valence-electron chi connectivity index (χ3n) is 5.71. The summed E-state index contributed by atoms with van der Waals surface area (Å²) in [6.45, 7) is 1.67. The van der Waals surface area contributed by atoms with Crippen molar-refractivity contribution in [2.24, 2.45) is 5.92 Å². The minimum Gasteiger partial charge on any atom is -0.342 e. The summed E-state index contributed by atoms with van der Waals surface area (Å²) in [4.78, 5) is 19.5. The number of likely N-dealkylation sites (tertiary alicyclic amines) is 1. The molecule has 1 aliphatic heterocycles. The average molecular weight is 352 g/mol. The van der Waals surface area contributed by atoms with Gasteiger partial charge in [0.15, 0.2) is 0 Å². The van der Waals surface area contributed by atoms with Gasteiger partial charge in [-0.1, -0.05) is 24.6 Å². The Bertz CT molecular complexity index is 787. The summed E-state index contributed by atoms with van der Waals surface area (Å²) < 4.78 is 13.4. The molecule has 1 unspecified atom stereocenters. The van der Waals surface area contributed by atoms with Crippen molar-refractivity contribution in [3.05, 3.63) is 65.2 Å². The number of aromatic nitrogens is 1. The van der Waals surface area contributed by atoms with Crippen LogP contribution in [0.1, 0.15) is 55.0 Å². The normalized spacial score (nSPS) is 20.7. The molecule has 26 heavy (non-hydrogen) atoms. The highest BCUT2D eigenvalue weighted by molar-refractivity contribution is 5.79. The van der Waals surface area contributed by atoms with E-state index in [2.05, 4.69) is 11.0 Å². The van der Waals surface area contributed by atoms with Crippen LogP contribution < -0.4 is 0 Å². The third kappa shape index (κ3) is 3.79. The van der Waals surface area contributed by atoms with E-state index >= 15 is 0 Å². The van der Waals surface area contributed by atoms with Crippen molar-refractivity contribution in [3.63, 3.8) is 0 Å². The Morgan fingerprint density at radius 3 is 2.73 bits per heavy atom. The van der Waals surface area contributed by atoms with E-state index in [9.17, 15) is 9.18 Å². The van der Waals surface area contributed by atoms with Gasteiger partial charge in [0.2, 0.25) is 5.91 Å². The Morgan fingerprint density at radius 1 is 1.12 bits per heavy atom. The van der Waals surface area contributed by atoms with Gasteiger partial charge in [-0.15, -0.1) is 0 Å². The molecule has 4 heteroatoms. The van der Waals surface area contributed by atoms with E-state index in [-0.39, 0.29) is 11.7 Å². The molecule has 1 saturated carbocycles. The van der Waals surface area contributed by atoms with Crippen molar-refractivity contribution in [2.75, 3.05) is 13.1 Å². The highest BCUT2D eigenvalue weighted by Gasteiger charge is 2.32. The van der Waals surface area contributed by atoms with E-state index < -0.39 is 0 Å². The largest absolute Gasteiger partial charge is 0.342 e. The van der Waals surface area contributed by atoms with Gasteiger partial charge >= 0.3 is 0 Å². The van der Waals surface area contributed by atoms with Gasteiger partial charge in [-0.05, 0) is 55.5 Å². The number of carbonyl (C=O) groups is 1. The lowest BCUT2D eigenvalue weighted by Crippen LogP contribution is -2.44. The van der Waals surface area contributed by atoms with Crippen molar-refractivity contribution in [1.82, 2.24) is 9.88 Å². The molecule has 1 atom stereocenters.